The van der Waals surface area contributed by atoms with Gasteiger partial charge in [-0.25, -0.2) is 0 Å². The number of carbonyl (C=O) groups is 2. The molecule has 0 heterocycles. The average molecular weight is 246 g/mol. The Hall–Kier alpha value is -1.10. The molecule has 0 spiro atoms. The number of hydrogen-bond donors (Lipinski definition) is 1. The van der Waals surface area contributed by atoms with Gasteiger partial charge in [0, 0.05) is 6.61 Å². The van der Waals surface area contributed by atoms with Crippen molar-refractivity contribution in [1.82, 2.24) is 0 Å². The van der Waals surface area contributed by atoms with E-state index in [4.69, 9.17) is 14.6 Å². The van der Waals surface area contributed by atoms with Crippen molar-refractivity contribution >= 4 is 11.9 Å². The zero-order valence-corrected chi connectivity index (χ0v) is 10.6. The monoisotopic (exact) mass is 246 g/mol. The van der Waals surface area contributed by atoms with E-state index in [2.05, 4.69) is 0 Å². The van der Waals surface area contributed by atoms with E-state index in [0.717, 1.165) is 6.42 Å². The molecule has 0 bridgehead atoms. The first-order valence-corrected chi connectivity index (χ1v) is 6.11. The van der Waals surface area contributed by atoms with Crippen LogP contribution in [0.4, 0.5) is 0 Å². The fourth-order valence-corrected chi connectivity index (χ4v) is 1.45. The molecule has 0 amide bonds. The fraction of sp³-hybridized carbons (Fsp3) is 0.833. The van der Waals surface area contributed by atoms with Gasteiger partial charge in [0.25, 0.3) is 0 Å². The van der Waals surface area contributed by atoms with Crippen molar-refractivity contribution in [3.63, 3.8) is 0 Å². The van der Waals surface area contributed by atoms with Gasteiger partial charge in [-0.05, 0) is 26.7 Å². The number of ether oxygens (including phenoxy) is 2. The number of unbranched alkanes of at least 4 members (excludes halogenated alkanes) is 2. The second-order valence-electron chi connectivity index (χ2n) is 3.63. The van der Waals surface area contributed by atoms with Crippen LogP contribution < -0.4 is 0 Å². The molecule has 0 aromatic carbocycles. The molecule has 0 rings (SSSR count). The highest BCUT2D eigenvalue weighted by atomic mass is 16.6. The first kappa shape index (κ1) is 15.9. The van der Waals surface area contributed by atoms with E-state index in [9.17, 15) is 9.59 Å². The standard InChI is InChI=1S/C12H22O5/c1-3-16-11(14)10(12(15)17-4-2)8-6-5-7-9-13/h10,13H,3-9H2,1-2H3. The summed E-state index contributed by atoms with van der Waals surface area (Å²) in [5.41, 5.74) is 0. The molecule has 0 aromatic heterocycles. The predicted octanol–water partition coefficient (Wildman–Crippen LogP) is 1.28. The lowest BCUT2D eigenvalue weighted by Crippen LogP contribution is -2.28. The molecule has 0 atom stereocenters. The van der Waals surface area contributed by atoms with Crippen molar-refractivity contribution in [3.8, 4) is 0 Å². The minimum atomic E-state index is -0.825. The Kier molecular flexibility index (Phi) is 9.43. The molecular formula is C12H22O5. The van der Waals surface area contributed by atoms with E-state index in [1.165, 1.54) is 0 Å². The van der Waals surface area contributed by atoms with Crippen molar-refractivity contribution in [3.05, 3.63) is 0 Å². The van der Waals surface area contributed by atoms with E-state index in [1.807, 2.05) is 0 Å². The van der Waals surface area contributed by atoms with E-state index < -0.39 is 17.9 Å². The van der Waals surface area contributed by atoms with E-state index in [1.54, 1.807) is 13.8 Å². The third kappa shape index (κ3) is 6.94. The quantitative estimate of drug-likeness (QED) is 0.377. The van der Waals surface area contributed by atoms with Crippen molar-refractivity contribution in [2.45, 2.75) is 39.5 Å². The van der Waals surface area contributed by atoms with Crippen LogP contribution in [0.3, 0.4) is 0 Å². The van der Waals surface area contributed by atoms with Gasteiger partial charge in [-0.2, -0.15) is 0 Å². The Morgan fingerprint density at radius 1 is 1.00 bits per heavy atom. The van der Waals surface area contributed by atoms with E-state index >= 15 is 0 Å². The summed E-state index contributed by atoms with van der Waals surface area (Å²) in [4.78, 5) is 23.1. The topological polar surface area (TPSA) is 72.8 Å². The minimum absolute atomic E-state index is 0.128. The van der Waals surface area contributed by atoms with Gasteiger partial charge in [0.2, 0.25) is 0 Å². The van der Waals surface area contributed by atoms with Gasteiger partial charge in [0.15, 0.2) is 5.92 Å². The van der Waals surface area contributed by atoms with Crippen LogP contribution in [-0.4, -0.2) is 36.9 Å². The molecule has 0 aliphatic carbocycles. The number of hydrogen-bond acceptors (Lipinski definition) is 5. The lowest BCUT2D eigenvalue weighted by Gasteiger charge is -2.13. The van der Waals surface area contributed by atoms with E-state index in [0.29, 0.717) is 19.3 Å². The summed E-state index contributed by atoms with van der Waals surface area (Å²) in [7, 11) is 0. The Morgan fingerprint density at radius 2 is 1.53 bits per heavy atom. The van der Waals surface area contributed by atoms with Crippen LogP contribution in [0.5, 0.6) is 0 Å². The molecule has 1 N–H and O–H groups in total. The summed E-state index contributed by atoms with van der Waals surface area (Å²) < 4.78 is 9.68. The van der Waals surface area contributed by atoms with Crippen LogP contribution >= 0.6 is 0 Å². The van der Waals surface area contributed by atoms with Crippen molar-refractivity contribution < 1.29 is 24.2 Å². The van der Waals surface area contributed by atoms with Crippen LogP contribution in [0.1, 0.15) is 39.5 Å². The normalized spacial score (nSPS) is 10.4. The second kappa shape index (κ2) is 10.1. The number of esters is 2. The Bertz CT molecular complexity index is 209. The van der Waals surface area contributed by atoms with E-state index in [-0.39, 0.29) is 19.8 Å². The molecule has 0 aliphatic heterocycles. The summed E-state index contributed by atoms with van der Waals surface area (Å²) >= 11 is 0. The molecule has 0 fully saturated rings. The number of rotatable bonds is 9. The summed E-state index contributed by atoms with van der Waals surface area (Å²) in [6.07, 6.45) is 2.57. The molecule has 0 aromatic rings. The molecule has 0 radical (unpaired) electrons. The molecule has 17 heavy (non-hydrogen) atoms. The van der Waals surface area contributed by atoms with Gasteiger partial charge >= 0.3 is 11.9 Å². The summed E-state index contributed by atoms with van der Waals surface area (Å²) in [5, 5.41) is 8.64. The van der Waals surface area contributed by atoms with Gasteiger partial charge < -0.3 is 14.6 Å². The Balaban J connectivity index is 4.19. The number of aliphatic hydroxyl groups excluding tert-OH is 1. The first-order chi connectivity index (χ1) is 8.17. The molecule has 0 aliphatic rings. The third-order valence-electron chi connectivity index (χ3n) is 2.29. The maximum Gasteiger partial charge on any atom is 0.320 e. The van der Waals surface area contributed by atoms with Gasteiger partial charge in [0.05, 0.1) is 13.2 Å². The smallest absolute Gasteiger partial charge is 0.320 e. The highest BCUT2D eigenvalue weighted by Gasteiger charge is 2.28. The van der Waals surface area contributed by atoms with Gasteiger partial charge in [-0.3, -0.25) is 9.59 Å². The maximum absolute atomic E-state index is 11.6. The largest absolute Gasteiger partial charge is 0.465 e. The van der Waals surface area contributed by atoms with Gasteiger partial charge in [-0.1, -0.05) is 12.8 Å². The zero-order chi connectivity index (χ0) is 13.1. The SMILES string of the molecule is CCOC(=O)C(CCCCCO)C(=O)OCC. The highest BCUT2D eigenvalue weighted by Crippen LogP contribution is 2.14. The molecule has 0 unspecified atom stereocenters. The Morgan fingerprint density at radius 3 is 1.94 bits per heavy atom. The summed E-state index contributed by atoms with van der Waals surface area (Å²) in [6, 6.07) is 0. The van der Waals surface area contributed by atoms with Crippen LogP contribution in [0.2, 0.25) is 0 Å². The van der Waals surface area contributed by atoms with Crippen molar-refractivity contribution in [2.75, 3.05) is 19.8 Å². The van der Waals surface area contributed by atoms with Crippen LogP contribution in [0.25, 0.3) is 0 Å². The average Bonchev–Trinajstić information content (AvgIpc) is 2.29. The van der Waals surface area contributed by atoms with Crippen molar-refractivity contribution in [2.24, 2.45) is 5.92 Å². The molecule has 0 saturated heterocycles. The van der Waals surface area contributed by atoms with Crippen LogP contribution in [-0.2, 0) is 19.1 Å². The minimum Gasteiger partial charge on any atom is -0.465 e. The van der Waals surface area contributed by atoms with Gasteiger partial charge in [0.1, 0.15) is 0 Å². The Labute approximate surface area is 102 Å². The highest BCUT2D eigenvalue weighted by molar-refractivity contribution is 5.94. The zero-order valence-electron chi connectivity index (χ0n) is 10.6. The van der Waals surface area contributed by atoms with Gasteiger partial charge in [-0.15, -0.1) is 0 Å². The summed E-state index contributed by atoms with van der Waals surface area (Å²) in [5.74, 6) is -1.86. The van der Waals surface area contributed by atoms with Crippen molar-refractivity contribution in [1.29, 1.82) is 0 Å². The molecule has 5 nitrogen and oxygen atoms in total. The second-order valence-corrected chi connectivity index (χ2v) is 3.63. The molecule has 100 valence electrons. The molecule has 0 saturated carbocycles. The van der Waals surface area contributed by atoms with Crippen LogP contribution in [0.15, 0.2) is 0 Å². The molecular weight excluding hydrogens is 224 g/mol. The number of carbonyl (C=O) groups excluding carboxylic acids is 2. The number of aliphatic hydroxyl groups is 1. The third-order valence-corrected chi connectivity index (χ3v) is 2.29. The molecule has 5 heteroatoms. The first-order valence-electron chi connectivity index (χ1n) is 6.11. The predicted molar refractivity (Wildman–Crippen MR) is 62.3 cm³/mol. The fourth-order valence-electron chi connectivity index (χ4n) is 1.45. The summed E-state index contributed by atoms with van der Waals surface area (Å²) in [6.45, 7) is 4.04. The lowest BCUT2D eigenvalue weighted by molar-refractivity contribution is -0.161. The van der Waals surface area contributed by atoms with Crippen LogP contribution in [0, 0.1) is 5.92 Å². The maximum atomic E-state index is 11.6. The lowest BCUT2D eigenvalue weighted by atomic mass is 10.0.